The second kappa shape index (κ2) is 6.60. The van der Waals surface area contributed by atoms with Crippen LogP contribution in [0.25, 0.3) is 0 Å². The standard InChI is InChI=1S/C16H25N3O2/c1-11-2-4-13(5-3-11)14-8-18-16(17)19-15(14)21-10-12-6-7-20-9-12/h8,11-13H,2-7,9-10H2,1H3,(H2,17,18,19)/t11?,12-,13?/m1/s1. The number of anilines is 1. The first-order chi connectivity index (χ1) is 10.2. The molecule has 0 aromatic carbocycles. The Labute approximate surface area is 126 Å². The molecule has 0 bridgehead atoms. The fourth-order valence-electron chi connectivity index (χ4n) is 3.27. The van der Waals surface area contributed by atoms with Gasteiger partial charge in [0.1, 0.15) is 0 Å². The zero-order chi connectivity index (χ0) is 14.7. The molecule has 2 aliphatic rings. The Morgan fingerprint density at radius 2 is 2.10 bits per heavy atom. The lowest BCUT2D eigenvalue weighted by atomic mass is 9.80. The van der Waals surface area contributed by atoms with Crippen molar-refractivity contribution < 1.29 is 9.47 Å². The van der Waals surface area contributed by atoms with E-state index in [4.69, 9.17) is 15.2 Å². The van der Waals surface area contributed by atoms with Crippen molar-refractivity contribution in [2.24, 2.45) is 11.8 Å². The lowest BCUT2D eigenvalue weighted by Crippen LogP contribution is -2.17. The molecule has 0 spiro atoms. The van der Waals surface area contributed by atoms with E-state index >= 15 is 0 Å². The third-order valence-electron chi connectivity index (χ3n) is 4.73. The van der Waals surface area contributed by atoms with E-state index in [1.165, 1.54) is 25.7 Å². The smallest absolute Gasteiger partial charge is 0.223 e. The lowest BCUT2D eigenvalue weighted by Gasteiger charge is -2.27. The van der Waals surface area contributed by atoms with Gasteiger partial charge < -0.3 is 15.2 Å². The summed E-state index contributed by atoms with van der Waals surface area (Å²) in [5, 5.41) is 0. The minimum Gasteiger partial charge on any atom is -0.477 e. The van der Waals surface area contributed by atoms with Crippen molar-refractivity contribution in [1.82, 2.24) is 9.97 Å². The summed E-state index contributed by atoms with van der Waals surface area (Å²) < 4.78 is 11.4. The number of nitrogens with two attached hydrogens (primary N) is 1. The molecule has 21 heavy (non-hydrogen) atoms. The molecule has 1 aromatic heterocycles. The molecule has 2 fully saturated rings. The molecule has 1 saturated heterocycles. The zero-order valence-electron chi connectivity index (χ0n) is 12.8. The summed E-state index contributed by atoms with van der Waals surface area (Å²) in [5.41, 5.74) is 6.87. The van der Waals surface area contributed by atoms with E-state index in [0.29, 0.717) is 30.3 Å². The van der Waals surface area contributed by atoms with Crippen LogP contribution in [0.1, 0.15) is 50.5 Å². The number of nitrogens with zero attached hydrogens (tertiary/aromatic N) is 2. The molecule has 5 nitrogen and oxygen atoms in total. The molecular formula is C16H25N3O2. The maximum absolute atomic E-state index is 5.97. The van der Waals surface area contributed by atoms with Gasteiger partial charge in [0.25, 0.3) is 0 Å². The van der Waals surface area contributed by atoms with Crippen molar-refractivity contribution in [2.45, 2.75) is 44.9 Å². The first kappa shape index (κ1) is 14.6. The maximum atomic E-state index is 5.97. The van der Waals surface area contributed by atoms with Gasteiger partial charge in [-0.1, -0.05) is 19.8 Å². The Bertz CT molecular complexity index is 467. The third-order valence-corrected chi connectivity index (χ3v) is 4.73. The molecule has 1 saturated carbocycles. The molecule has 0 radical (unpaired) electrons. The summed E-state index contributed by atoms with van der Waals surface area (Å²) in [6, 6.07) is 0. The summed E-state index contributed by atoms with van der Waals surface area (Å²) in [7, 11) is 0. The number of rotatable bonds is 4. The average Bonchev–Trinajstić information content (AvgIpc) is 3.00. The molecule has 1 aromatic rings. The highest BCUT2D eigenvalue weighted by Crippen LogP contribution is 2.38. The first-order valence-corrected chi connectivity index (χ1v) is 8.05. The summed E-state index contributed by atoms with van der Waals surface area (Å²) in [6.45, 7) is 4.62. The van der Waals surface area contributed by atoms with E-state index in [1.807, 2.05) is 6.20 Å². The highest BCUT2D eigenvalue weighted by molar-refractivity contribution is 5.33. The van der Waals surface area contributed by atoms with Crippen molar-refractivity contribution in [3.8, 4) is 5.88 Å². The molecule has 1 aliphatic carbocycles. The molecule has 0 amide bonds. The van der Waals surface area contributed by atoms with Crippen molar-refractivity contribution in [1.29, 1.82) is 0 Å². The minimum atomic E-state index is 0.292. The molecular weight excluding hydrogens is 266 g/mol. The lowest BCUT2D eigenvalue weighted by molar-refractivity contribution is 0.164. The van der Waals surface area contributed by atoms with Crippen LogP contribution in [0.3, 0.4) is 0 Å². The first-order valence-electron chi connectivity index (χ1n) is 8.05. The molecule has 0 unspecified atom stereocenters. The van der Waals surface area contributed by atoms with Crippen LogP contribution < -0.4 is 10.5 Å². The molecule has 3 rings (SSSR count). The molecule has 116 valence electrons. The van der Waals surface area contributed by atoms with Gasteiger partial charge in [-0.05, 0) is 31.1 Å². The summed E-state index contributed by atoms with van der Waals surface area (Å²) in [4.78, 5) is 8.51. The van der Waals surface area contributed by atoms with Gasteiger partial charge in [-0.25, -0.2) is 4.98 Å². The second-order valence-corrected chi connectivity index (χ2v) is 6.49. The number of nitrogen functional groups attached to an aromatic ring is 1. The van der Waals surface area contributed by atoms with E-state index in [-0.39, 0.29) is 0 Å². The topological polar surface area (TPSA) is 70.3 Å². The Balaban J connectivity index is 1.69. The Hall–Kier alpha value is -1.36. The van der Waals surface area contributed by atoms with Crippen LogP contribution in [0.15, 0.2) is 6.20 Å². The maximum Gasteiger partial charge on any atom is 0.223 e. The van der Waals surface area contributed by atoms with E-state index in [9.17, 15) is 0 Å². The van der Waals surface area contributed by atoms with E-state index in [2.05, 4.69) is 16.9 Å². The van der Waals surface area contributed by atoms with Gasteiger partial charge in [0.2, 0.25) is 11.8 Å². The second-order valence-electron chi connectivity index (χ2n) is 6.49. The van der Waals surface area contributed by atoms with Gasteiger partial charge in [0.05, 0.1) is 13.2 Å². The minimum absolute atomic E-state index is 0.292. The van der Waals surface area contributed by atoms with E-state index in [0.717, 1.165) is 31.1 Å². The van der Waals surface area contributed by atoms with Crippen LogP contribution in [0.2, 0.25) is 0 Å². The summed E-state index contributed by atoms with van der Waals surface area (Å²) >= 11 is 0. The van der Waals surface area contributed by atoms with Gasteiger partial charge in [-0.2, -0.15) is 4.98 Å². The van der Waals surface area contributed by atoms with Crippen LogP contribution >= 0.6 is 0 Å². The van der Waals surface area contributed by atoms with Crippen molar-refractivity contribution in [3.05, 3.63) is 11.8 Å². The molecule has 2 heterocycles. The van der Waals surface area contributed by atoms with Crippen LogP contribution in [-0.4, -0.2) is 29.8 Å². The van der Waals surface area contributed by atoms with Crippen molar-refractivity contribution >= 4 is 5.95 Å². The number of hydrogen-bond donors (Lipinski definition) is 1. The highest BCUT2D eigenvalue weighted by Gasteiger charge is 2.25. The van der Waals surface area contributed by atoms with Gasteiger partial charge in [0.15, 0.2) is 0 Å². The van der Waals surface area contributed by atoms with Gasteiger partial charge in [-0.3, -0.25) is 0 Å². The fraction of sp³-hybridized carbons (Fsp3) is 0.750. The average molecular weight is 291 g/mol. The number of hydrogen-bond acceptors (Lipinski definition) is 5. The number of aromatic nitrogens is 2. The van der Waals surface area contributed by atoms with E-state index < -0.39 is 0 Å². The largest absolute Gasteiger partial charge is 0.477 e. The summed E-state index contributed by atoms with van der Waals surface area (Å²) in [5.74, 6) is 2.79. The summed E-state index contributed by atoms with van der Waals surface area (Å²) in [6.07, 6.45) is 7.85. The zero-order valence-corrected chi connectivity index (χ0v) is 12.8. The van der Waals surface area contributed by atoms with Crippen LogP contribution in [0.5, 0.6) is 5.88 Å². The van der Waals surface area contributed by atoms with Crippen molar-refractivity contribution in [3.63, 3.8) is 0 Å². The molecule has 2 N–H and O–H groups in total. The third kappa shape index (κ3) is 3.64. The van der Waals surface area contributed by atoms with Gasteiger partial charge in [-0.15, -0.1) is 0 Å². The van der Waals surface area contributed by atoms with Gasteiger partial charge >= 0.3 is 0 Å². The normalized spacial score (nSPS) is 29.5. The quantitative estimate of drug-likeness (QED) is 0.923. The van der Waals surface area contributed by atoms with Gasteiger partial charge in [0, 0.05) is 24.3 Å². The molecule has 1 aliphatic heterocycles. The Morgan fingerprint density at radius 1 is 1.29 bits per heavy atom. The molecule has 1 atom stereocenters. The monoisotopic (exact) mass is 291 g/mol. The number of ether oxygens (including phenoxy) is 2. The Kier molecular flexibility index (Phi) is 4.58. The molecule has 5 heteroatoms. The SMILES string of the molecule is CC1CCC(c2cnc(N)nc2OC[C@@H]2CCOC2)CC1. The van der Waals surface area contributed by atoms with Crippen LogP contribution in [-0.2, 0) is 4.74 Å². The van der Waals surface area contributed by atoms with Crippen LogP contribution in [0, 0.1) is 11.8 Å². The predicted molar refractivity (Wildman–Crippen MR) is 81.2 cm³/mol. The fourth-order valence-corrected chi connectivity index (χ4v) is 3.27. The Morgan fingerprint density at radius 3 is 2.81 bits per heavy atom. The van der Waals surface area contributed by atoms with Crippen LogP contribution in [0.4, 0.5) is 5.95 Å². The predicted octanol–water partition coefficient (Wildman–Crippen LogP) is 2.77. The van der Waals surface area contributed by atoms with Crippen molar-refractivity contribution in [2.75, 3.05) is 25.6 Å². The van der Waals surface area contributed by atoms with E-state index in [1.54, 1.807) is 0 Å². The highest BCUT2D eigenvalue weighted by atomic mass is 16.5.